The van der Waals surface area contributed by atoms with Crippen LogP contribution in [0.15, 0.2) is 18.6 Å². The Balaban J connectivity index is 0.845. The van der Waals surface area contributed by atoms with Gasteiger partial charge in [0, 0.05) is 64.5 Å². The van der Waals surface area contributed by atoms with E-state index in [0.29, 0.717) is 56.0 Å². The van der Waals surface area contributed by atoms with Gasteiger partial charge in [0.2, 0.25) is 52.6 Å². The second-order valence-corrected chi connectivity index (χ2v) is 27.1. The summed E-state index contributed by atoms with van der Waals surface area (Å²) in [6, 6.07) is -2.43. The largest absolute Gasteiger partial charge is 0.420 e. The maximum atomic E-state index is 14.0. The topological polar surface area (TPSA) is 545 Å². The zero-order valence-corrected chi connectivity index (χ0v) is 65.4. The number of hydrogen-bond acceptors (Lipinski definition) is 37. The molecule has 7 rings (SSSR count). The van der Waals surface area contributed by atoms with Crippen LogP contribution in [0.2, 0.25) is 0 Å². The van der Waals surface area contributed by atoms with E-state index >= 15 is 0 Å². The molecule has 0 aliphatic carbocycles. The fourth-order valence-corrected chi connectivity index (χ4v) is 11.5. The quantitative estimate of drug-likeness (QED) is 0.00490. The fourth-order valence-electron chi connectivity index (χ4n) is 11.5. The van der Waals surface area contributed by atoms with E-state index in [2.05, 4.69) is 51.6 Å². The van der Waals surface area contributed by atoms with E-state index in [0.717, 1.165) is 0 Å². The number of halogens is 5. The van der Waals surface area contributed by atoms with Gasteiger partial charge in [-0.2, -0.15) is 8.78 Å². The summed E-state index contributed by atoms with van der Waals surface area (Å²) < 4.78 is 175. The number of aliphatic hydroxyl groups is 9. The summed E-state index contributed by atoms with van der Waals surface area (Å²) in [4.78, 5) is 48.9. The molecule has 3 aliphatic heterocycles. The number of aromatic nitrogens is 9. The average Bonchev–Trinajstić information content (AvgIpc) is 0.871. The highest BCUT2D eigenvalue weighted by molar-refractivity contribution is 5.77. The van der Waals surface area contributed by atoms with E-state index in [4.69, 9.17) is 80.5 Å². The Kier molecular flexibility index (Phi) is 44.8. The molecule has 3 aliphatic rings. The summed E-state index contributed by atoms with van der Waals surface area (Å²) in [6.07, 6.45) is -10.3. The SMILES string of the molecule is CC(=O)N[C@@H]1[C@@H](O)[C@@H](O)[C@@H](COCCc2cn(CCOCCOCCOCC(COCCOCCOCCn3cc(CCOC[C@H]4O[C@@H](O)[C@H](NC(C)=O)[C@@H](O)[C@H]4O)nn3)(COCCOCCOCCn3cc(CCOC[C@H]4O[C@@H](O)C[C@@H](O)[C@H]4O)nn3)NC(=O)CCOCCOCCC(=O)Oc3c(F)c(F)c(F)c(F)c3F)nn2)O[C@H]1O. The van der Waals surface area contributed by atoms with Crippen molar-refractivity contribution in [3.63, 3.8) is 0 Å². The smallest absolute Gasteiger partial charge is 0.313 e. The number of benzene rings is 1. The van der Waals surface area contributed by atoms with Crippen LogP contribution in [0.4, 0.5) is 22.0 Å². The molecule has 43 nitrogen and oxygen atoms in total. The van der Waals surface area contributed by atoms with E-state index < -0.39 is 163 Å². The van der Waals surface area contributed by atoms with Crippen LogP contribution in [0.1, 0.15) is 50.2 Å². The number of amides is 3. The van der Waals surface area contributed by atoms with Crippen LogP contribution in [-0.4, -0.2) is 391 Å². The van der Waals surface area contributed by atoms with E-state index in [9.17, 15) is 87.1 Å². The van der Waals surface area contributed by atoms with Gasteiger partial charge in [0.25, 0.3) is 0 Å². The highest BCUT2D eigenvalue weighted by Gasteiger charge is 2.46. The number of carbonyl (C=O) groups excluding carboxylic acids is 4. The number of ether oxygens (including phenoxy) is 18. The molecule has 12 N–H and O–H groups in total. The summed E-state index contributed by atoms with van der Waals surface area (Å²) in [6.45, 7) is 4.48. The number of rotatable bonds is 61. The first kappa shape index (κ1) is 98.2. The highest BCUT2D eigenvalue weighted by atomic mass is 19.2. The molecule has 670 valence electrons. The number of aliphatic hydroxyl groups excluding tert-OH is 9. The lowest BCUT2D eigenvalue weighted by Crippen LogP contribution is -2.64. The van der Waals surface area contributed by atoms with Gasteiger partial charge in [0.15, 0.2) is 18.9 Å². The Labute approximate surface area is 673 Å². The molecule has 0 radical (unpaired) electrons. The molecular formula is C70H109F5N12O31. The van der Waals surface area contributed by atoms with Crippen molar-refractivity contribution < 1.29 is 172 Å². The molecule has 6 heterocycles. The third-order valence-electron chi connectivity index (χ3n) is 17.7. The van der Waals surface area contributed by atoms with E-state index in [-0.39, 0.29) is 191 Å². The predicted molar refractivity (Wildman–Crippen MR) is 383 cm³/mol. The molecule has 14 atom stereocenters. The van der Waals surface area contributed by atoms with Crippen LogP contribution in [0.25, 0.3) is 0 Å². The van der Waals surface area contributed by atoms with Crippen LogP contribution in [0.3, 0.4) is 0 Å². The van der Waals surface area contributed by atoms with Crippen LogP contribution in [0, 0.1) is 29.1 Å². The van der Waals surface area contributed by atoms with Gasteiger partial charge in [0.1, 0.15) is 66.5 Å². The minimum atomic E-state index is -2.42. The van der Waals surface area contributed by atoms with Crippen LogP contribution in [0.5, 0.6) is 5.75 Å². The fraction of sp³-hybridized carbons (Fsp3) is 0.771. The normalized spacial score (nSPS) is 22.9. The summed E-state index contributed by atoms with van der Waals surface area (Å²) in [7, 11) is 0. The zero-order chi connectivity index (χ0) is 85.2. The van der Waals surface area contributed by atoms with Crippen molar-refractivity contribution in [3.8, 4) is 5.75 Å². The molecule has 4 aromatic rings. The predicted octanol–water partition coefficient (Wildman–Crippen LogP) is -5.63. The van der Waals surface area contributed by atoms with Crippen LogP contribution in [-0.2, 0) is 139 Å². The van der Waals surface area contributed by atoms with Crippen molar-refractivity contribution in [2.24, 2.45) is 0 Å². The molecule has 3 fully saturated rings. The Hall–Kier alpha value is -6.87. The Bertz CT molecular complexity index is 3390. The first-order valence-electron chi connectivity index (χ1n) is 38.2. The summed E-state index contributed by atoms with van der Waals surface area (Å²) >= 11 is 0. The van der Waals surface area contributed by atoms with E-state index in [1.54, 1.807) is 32.6 Å². The number of nitrogens with one attached hydrogen (secondary N) is 3. The van der Waals surface area contributed by atoms with Gasteiger partial charge in [-0.3, -0.25) is 19.2 Å². The number of hydrogen-bond donors (Lipinski definition) is 12. The molecule has 118 heavy (non-hydrogen) atoms. The molecular weight excluding hydrogens is 1600 g/mol. The van der Waals surface area contributed by atoms with Crippen LogP contribution < -0.4 is 20.7 Å². The third kappa shape index (κ3) is 34.9. The lowest BCUT2D eigenvalue weighted by Gasteiger charge is -2.40. The average molecular weight is 1710 g/mol. The Morgan fingerprint density at radius 3 is 1.12 bits per heavy atom. The molecule has 0 saturated carbocycles. The molecule has 0 spiro atoms. The molecule has 0 bridgehead atoms. The molecule has 0 unspecified atom stereocenters. The second-order valence-electron chi connectivity index (χ2n) is 27.1. The maximum absolute atomic E-state index is 14.0. The maximum Gasteiger partial charge on any atom is 0.313 e. The van der Waals surface area contributed by atoms with Crippen molar-refractivity contribution in [3.05, 3.63) is 64.8 Å². The zero-order valence-electron chi connectivity index (χ0n) is 65.4. The Morgan fingerprint density at radius 1 is 0.415 bits per heavy atom. The first-order valence-corrected chi connectivity index (χ1v) is 38.2. The summed E-state index contributed by atoms with van der Waals surface area (Å²) in [5.74, 6) is -16.4. The molecule has 48 heteroatoms. The van der Waals surface area contributed by atoms with Crippen molar-refractivity contribution in [1.82, 2.24) is 60.9 Å². The van der Waals surface area contributed by atoms with Crippen LogP contribution >= 0.6 is 0 Å². The Morgan fingerprint density at radius 2 is 0.746 bits per heavy atom. The molecule has 1 aromatic carbocycles. The molecule has 3 aromatic heterocycles. The lowest BCUT2D eigenvalue weighted by atomic mass is 9.97. The molecule has 3 amide bonds. The molecule has 3 saturated heterocycles. The minimum absolute atomic E-state index is 0.0292. The third-order valence-corrected chi connectivity index (χ3v) is 17.7. The number of nitrogens with zero attached hydrogens (tertiary/aromatic N) is 9. The highest BCUT2D eigenvalue weighted by Crippen LogP contribution is 2.30. The van der Waals surface area contributed by atoms with E-state index in [1.165, 1.54) is 13.8 Å². The van der Waals surface area contributed by atoms with Crippen molar-refractivity contribution in [2.75, 3.05) is 185 Å². The van der Waals surface area contributed by atoms with E-state index in [1.807, 2.05) is 0 Å². The van der Waals surface area contributed by atoms with Gasteiger partial charge < -0.3 is 147 Å². The van der Waals surface area contributed by atoms with Crippen molar-refractivity contribution in [1.29, 1.82) is 0 Å². The van der Waals surface area contributed by atoms with Crippen molar-refractivity contribution >= 4 is 23.7 Å². The lowest BCUT2D eigenvalue weighted by molar-refractivity contribution is -0.256. The van der Waals surface area contributed by atoms with Gasteiger partial charge in [-0.05, 0) is 0 Å². The van der Waals surface area contributed by atoms with Gasteiger partial charge in [-0.1, -0.05) is 15.6 Å². The second kappa shape index (κ2) is 53.8. The van der Waals surface area contributed by atoms with Gasteiger partial charge in [-0.15, -0.1) is 15.3 Å². The monoisotopic (exact) mass is 1710 g/mol. The summed E-state index contributed by atoms with van der Waals surface area (Å²) in [5, 5.41) is 124. The number of carbonyl (C=O) groups is 4. The minimum Gasteiger partial charge on any atom is -0.420 e. The van der Waals surface area contributed by atoms with Gasteiger partial charge >= 0.3 is 5.97 Å². The number of esters is 1. The first-order chi connectivity index (χ1) is 56.8. The standard InChI is InChI=1S/C70H109F5N12O31/c1-43(88)76-60-65(97)63(95)50(116-68(60)99)38-110-12-4-46-35-86(83-80-46)9-17-104-22-25-107-28-31-113-41-70(78-52(91)6-14-101-19-20-102-15-7-53(92)118-67-58(74)56(72)55(71)57(73)59(67)75,40-112-30-27-106-24-21-103-16-8-85-34-45(79-82-85)3-11-109-37-49-62(94)48(90)33-54(93)115-49)42-114-32-29-108-26-23-105-18-10-87-36-47(81-84-87)5-13-111-39-51-64(96)66(98)61(69(100)117-51)77-44(2)89/h34-36,48-51,54,60-66,68-69,90,93-100H,3-33,37-42H2,1-2H3,(H,76,88)(H,77,89)(H,78,91)/t48-,49-,50-,51-,54-,60-,61-,62-,63+,64+,65-,66-,68-,69-/m1/s1. The van der Waals surface area contributed by atoms with Gasteiger partial charge in [0.05, 0.1) is 234 Å². The van der Waals surface area contributed by atoms with Gasteiger partial charge in [-0.25, -0.2) is 27.2 Å². The van der Waals surface area contributed by atoms with Crippen molar-refractivity contribution in [2.45, 2.75) is 163 Å². The summed E-state index contributed by atoms with van der Waals surface area (Å²) in [5.41, 5.74) is 0.446.